The lowest BCUT2D eigenvalue weighted by atomic mass is 10.1. The maximum atomic E-state index is 12.4. The SMILES string of the molecule is CCOC(=O)c1sc(NC(=S)NCc2ccn(CC)n2)c(C(=O)OCC)c1C. The maximum Gasteiger partial charge on any atom is 0.348 e. The molecule has 2 N–H and O–H groups in total. The molecular formula is C18H24N4O4S2. The van der Waals surface area contributed by atoms with Crippen molar-refractivity contribution in [1.29, 1.82) is 0 Å². The molecule has 0 aromatic carbocycles. The number of thiophene rings is 1. The van der Waals surface area contributed by atoms with Crippen LogP contribution in [0.5, 0.6) is 0 Å². The fourth-order valence-corrected chi connectivity index (χ4v) is 3.77. The third-order valence-corrected chi connectivity index (χ3v) is 5.20. The minimum Gasteiger partial charge on any atom is -0.462 e. The summed E-state index contributed by atoms with van der Waals surface area (Å²) < 4.78 is 12.0. The molecular weight excluding hydrogens is 400 g/mol. The summed E-state index contributed by atoms with van der Waals surface area (Å²) in [4.78, 5) is 24.9. The lowest BCUT2D eigenvalue weighted by Gasteiger charge is -2.10. The van der Waals surface area contributed by atoms with Crippen molar-refractivity contribution in [2.45, 2.75) is 40.8 Å². The Morgan fingerprint density at radius 2 is 1.89 bits per heavy atom. The number of anilines is 1. The number of esters is 2. The molecule has 0 saturated carbocycles. The third kappa shape index (κ3) is 5.29. The molecule has 0 bridgehead atoms. The number of aromatic nitrogens is 2. The number of thiocarbonyl (C=S) groups is 1. The van der Waals surface area contributed by atoms with E-state index in [4.69, 9.17) is 21.7 Å². The van der Waals surface area contributed by atoms with Crippen LogP contribution < -0.4 is 10.6 Å². The van der Waals surface area contributed by atoms with E-state index in [-0.39, 0.29) is 18.8 Å². The second-order valence-corrected chi connectivity index (χ2v) is 7.10. The Kier molecular flexibility index (Phi) is 7.94. The van der Waals surface area contributed by atoms with E-state index in [1.807, 2.05) is 23.9 Å². The molecule has 0 radical (unpaired) electrons. The molecule has 0 unspecified atom stereocenters. The number of carbonyl (C=O) groups excluding carboxylic acids is 2. The van der Waals surface area contributed by atoms with E-state index in [9.17, 15) is 9.59 Å². The van der Waals surface area contributed by atoms with Gasteiger partial charge in [-0.05, 0) is 51.5 Å². The highest BCUT2D eigenvalue weighted by Crippen LogP contribution is 2.34. The van der Waals surface area contributed by atoms with Crippen molar-refractivity contribution in [2.75, 3.05) is 18.5 Å². The van der Waals surface area contributed by atoms with E-state index < -0.39 is 11.9 Å². The van der Waals surface area contributed by atoms with Gasteiger partial charge in [0.2, 0.25) is 0 Å². The van der Waals surface area contributed by atoms with Crippen LogP contribution in [0.15, 0.2) is 12.3 Å². The van der Waals surface area contributed by atoms with E-state index in [1.165, 1.54) is 0 Å². The van der Waals surface area contributed by atoms with E-state index in [2.05, 4.69) is 15.7 Å². The molecule has 2 heterocycles. The number of nitrogens with zero attached hydrogens (tertiary/aromatic N) is 2. The van der Waals surface area contributed by atoms with Gasteiger partial charge in [0.05, 0.1) is 31.0 Å². The van der Waals surface area contributed by atoms with Gasteiger partial charge < -0.3 is 20.1 Å². The van der Waals surface area contributed by atoms with Gasteiger partial charge in [-0.3, -0.25) is 4.68 Å². The molecule has 0 spiro atoms. The fourth-order valence-electron chi connectivity index (χ4n) is 2.43. The quantitative estimate of drug-likeness (QED) is 0.493. The maximum absolute atomic E-state index is 12.4. The Hall–Kier alpha value is -2.46. The van der Waals surface area contributed by atoms with E-state index in [1.54, 1.807) is 20.8 Å². The van der Waals surface area contributed by atoms with Gasteiger partial charge in [-0.25, -0.2) is 9.59 Å². The average molecular weight is 425 g/mol. The van der Waals surface area contributed by atoms with Gasteiger partial charge >= 0.3 is 11.9 Å². The molecule has 0 fully saturated rings. The third-order valence-electron chi connectivity index (χ3n) is 3.76. The predicted octanol–water partition coefficient (Wildman–Crippen LogP) is 3.11. The predicted molar refractivity (Wildman–Crippen MR) is 112 cm³/mol. The van der Waals surface area contributed by atoms with Crippen LogP contribution in [-0.4, -0.2) is 40.0 Å². The average Bonchev–Trinajstić information content (AvgIpc) is 3.24. The summed E-state index contributed by atoms with van der Waals surface area (Å²) in [5.41, 5.74) is 1.63. The van der Waals surface area contributed by atoms with E-state index >= 15 is 0 Å². The fraction of sp³-hybridized carbons (Fsp3) is 0.444. The van der Waals surface area contributed by atoms with E-state index in [0.717, 1.165) is 23.6 Å². The first-order chi connectivity index (χ1) is 13.4. The number of aryl methyl sites for hydroxylation is 1. The first kappa shape index (κ1) is 21.8. The largest absolute Gasteiger partial charge is 0.462 e. The van der Waals surface area contributed by atoms with Crippen molar-refractivity contribution in [2.24, 2.45) is 0 Å². The number of hydrogen-bond donors (Lipinski definition) is 2. The van der Waals surface area contributed by atoms with Crippen LogP contribution in [0, 0.1) is 6.92 Å². The van der Waals surface area contributed by atoms with Crippen molar-refractivity contribution in [3.05, 3.63) is 34.0 Å². The number of carbonyl (C=O) groups is 2. The van der Waals surface area contributed by atoms with Gasteiger partial charge in [0, 0.05) is 12.7 Å². The molecule has 2 aromatic rings. The number of ether oxygens (including phenoxy) is 2. The van der Waals surface area contributed by atoms with Crippen molar-refractivity contribution < 1.29 is 19.1 Å². The molecule has 8 nitrogen and oxygen atoms in total. The Morgan fingerprint density at radius 3 is 2.50 bits per heavy atom. The zero-order valence-corrected chi connectivity index (χ0v) is 18.0. The Labute approximate surface area is 173 Å². The molecule has 0 atom stereocenters. The topological polar surface area (TPSA) is 94.5 Å². The lowest BCUT2D eigenvalue weighted by molar-refractivity contribution is 0.0527. The summed E-state index contributed by atoms with van der Waals surface area (Å²) in [6, 6.07) is 1.90. The smallest absolute Gasteiger partial charge is 0.348 e. The van der Waals surface area contributed by atoms with Crippen LogP contribution in [0.2, 0.25) is 0 Å². The molecule has 2 rings (SSSR count). The zero-order valence-electron chi connectivity index (χ0n) is 16.3. The van der Waals surface area contributed by atoms with Crippen molar-refractivity contribution >= 4 is 45.6 Å². The van der Waals surface area contributed by atoms with Gasteiger partial charge in [-0.1, -0.05) is 0 Å². The summed E-state index contributed by atoms with van der Waals surface area (Å²) in [7, 11) is 0. The lowest BCUT2D eigenvalue weighted by Crippen LogP contribution is -2.28. The molecule has 10 heteroatoms. The molecule has 0 aliphatic heterocycles. The highest BCUT2D eigenvalue weighted by molar-refractivity contribution is 7.80. The summed E-state index contributed by atoms with van der Waals surface area (Å²) in [6.07, 6.45) is 1.89. The molecule has 0 amide bonds. The van der Waals surface area contributed by atoms with E-state index in [0.29, 0.717) is 27.1 Å². The van der Waals surface area contributed by atoms with Gasteiger partial charge in [0.1, 0.15) is 9.88 Å². The summed E-state index contributed by atoms with van der Waals surface area (Å²) in [5.74, 6) is -0.994. The minimum absolute atomic E-state index is 0.227. The number of hydrogen-bond acceptors (Lipinski definition) is 7. The van der Waals surface area contributed by atoms with Gasteiger partial charge in [0.25, 0.3) is 0 Å². The minimum atomic E-state index is -0.515. The van der Waals surface area contributed by atoms with Gasteiger partial charge in [-0.2, -0.15) is 5.10 Å². The monoisotopic (exact) mass is 424 g/mol. The first-order valence-electron chi connectivity index (χ1n) is 8.95. The molecule has 0 saturated heterocycles. The van der Waals surface area contributed by atoms with Crippen LogP contribution in [0.4, 0.5) is 5.00 Å². The highest BCUT2D eigenvalue weighted by Gasteiger charge is 2.26. The second kappa shape index (κ2) is 10.2. The van der Waals surface area contributed by atoms with Gasteiger partial charge in [-0.15, -0.1) is 11.3 Å². The zero-order chi connectivity index (χ0) is 20.7. The Balaban J connectivity index is 2.17. The van der Waals surface area contributed by atoms with Crippen molar-refractivity contribution in [3.63, 3.8) is 0 Å². The van der Waals surface area contributed by atoms with Crippen molar-refractivity contribution in [1.82, 2.24) is 15.1 Å². The molecule has 0 aliphatic carbocycles. The molecule has 28 heavy (non-hydrogen) atoms. The standard InChI is InChI=1S/C18H24N4O4S2/c1-5-22-9-8-12(21-22)10-19-18(27)20-15-13(16(23)25-6-2)11(4)14(28-15)17(24)26-7-3/h8-9H,5-7,10H2,1-4H3,(H2,19,20,27). The van der Waals surface area contributed by atoms with Crippen LogP contribution in [-0.2, 0) is 22.6 Å². The Bertz CT molecular complexity index is 860. The molecule has 0 aliphatic rings. The molecule has 152 valence electrons. The van der Waals surface area contributed by atoms with Crippen molar-refractivity contribution in [3.8, 4) is 0 Å². The number of rotatable bonds is 8. The highest BCUT2D eigenvalue weighted by atomic mass is 32.1. The Morgan fingerprint density at radius 1 is 1.21 bits per heavy atom. The summed E-state index contributed by atoms with van der Waals surface area (Å²) in [6.45, 7) is 8.84. The van der Waals surface area contributed by atoms with Crippen LogP contribution in [0.25, 0.3) is 0 Å². The molecule has 2 aromatic heterocycles. The normalized spacial score (nSPS) is 10.4. The van der Waals surface area contributed by atoms with Crippen LogP contribution in [0.3, 0.4) is 0 Å². The second-order valence-electron chi connectivity index (χ2n) is 5.67. The van der Waals surface area contributed by atoms with Crippen LogP contribution in [0.1, 0.15) is 52.1 Å². The first-order valence-corrected chi connectivity index (χ1v) is 10.2. The summed E-state index contributed by atoms with van der Waals surface area (Å²) in [5, 5.41) is 11.2. The number of nitrogens with one attached hydrogen (secondary N) is 2. The van der Waals surface area contributed by atoms with Crippen LogP contribution >= 0.6 is 23.6 Å². The van der Waals surface area contributed by atoms with Gasteiger partial charge in [0.15, 0.2) is 5.11 Å². The summed E-state index contributed by atoms with van der Waals surface area (Å²) >= 11 is 6.44.